The van der Waals surface area contributed by atoms with Crippen LogP contribution in [-0.2, 0) is 17.6 Å². The number of H-pyrrole nitrogens is 1. The summed E-state index contributed by atoms with van der Waals surface area (Å²) >= 11 is 1.07. The zero-order valence-corrected chi connectivity index (χ0v) is 24.1. The summed E-state index contributed by atoms with van der Waals surface area (Å²) in [5.41, 5.74) is 7.84. The Morgan fingerprint density at radius 2 is 1.80 bits per heavy atom. The smallest absolute Gasteiger partial charge is 0.305 e. The number of aromatic hydroxyl groups is 1. The topological polar surface area (TPSA) is 103 Å². The van der Waals surface area contributed by atoms with Crippen LogP contribution in [-0.4, -0.2) is 69.5 Å². The minimum atomic E-state index is -2.62. The fourth-order valence-electron chi connectivity index (χ4n) is 5.82. The van der Waals surface area contributed by atoms with E-state index in [-0.39, 0.29) is 47.4 Å². The van der Waals surface area contributed by atoms with Gasteiger partial charge in [-0.3, -0.25) is 19.4 Å². The zero-order valence-electron chi connectivity index (χ0n) is 23.3. The van der Waals surface area contributed by atoms with E-state index in [1.165, 1.54) is 5.56 Å². The third-order valence-electron chi connectivity index (χ3n) is 8.13. The number of halogens is 2. The molecule has 218 valence electrons. The van der Waals surface area contributed by atoms with Gasteiger partial charge in [-0.2, -0.15) is 0 Å². The second kappa shape index (κ2) is 12.8. The van der Waals surface area contributed by atoms with Crippen LogP contribution in [0.1, 0.15) is 57.1 Å². The maximum absolute atomic E-state index is 14.0. The lowest BCUT2D eigenvalue weighted by atomic mass is 9.90. The van der Waals surface area contributed by atoms with Gasteiger partial charge in [-0.05, 0) is 56.7 Å². The second-order valence-electron chi connectivity index (χ2n) is 11.5. The number of thiazole rings is 1. The van der Waals surface area contributed by atoms with E-state index >= 15 is 0 Å². The van der Waals surface area contributed by atoms with E-state index in [0.717, 1.165) is 28.0 Å². The van der Waals surface area contributed by atoms with Crippen LogP contribution in [0.25, 0.3) is 10.2 Å². The van der Waals surface area contributed by atoms with E-state index in [2.05, 4.69) is 40.8 Å². The molecule has 1 saturated carbocycles. The molecule has 4 N–H and O–H groups in total. The molecule has 0 bridgehead atoms. The first-order valence-electron chi connectivity index (χ1n) is 14.0. The molecule has 0 saturated heterocycles. The Labute approximate surface area is 238 Å². The lowest BCUT2D eigenvalue weighted by Crippen LogP contribution is -2.51. The van der Waals surface area contributed by atoms with Crippen LogP contribution < -0.4 is 10.6 Å². The standard InChI is InChI=1S/C30H40F2N4O3S/c1-29(2,20-21-6-4-3-5-7-21)36(17-13-25(33)38)19-18-35(23-10-14-30(31,32)15-11-23)16-12-22-8-9-24(37)26-27(22)40-28(39)34-26/h3-9,23,37H,10-20H2,1-2H3,(H2,33,38)(H,34,39). The number of hydrogen-bond acceptors (Lipinski definition) is 6. The molecule has 7 nitrogen and oxygen atoms in total. The number of phenolic OH excluding ortho intramolecular Hbond substituents is 1. The van der Waals surface area contributed by atoms with Crippen molar-refractivity contribution in [3.63, 3.8) is 0 Å². The molecule has 40 heavy (non-hydrogen) atoms. The largest absolute Gasteiger partial charge is 0.506 e. The molecule has 1 aliphatic rings. The molecule has 2 aromatic carbocycles. The Kier molecular flexibility index (Phi) is 9.64. The molecule has 0 radical (unpaired) electrons. The fourth-order valence-corrected chi connectivity index (χ4v) is 6.72. The number of nitrogens with zero attached hydrogens (tertiary/aromatic N) is 2. The predicted octanol–water partition coefficient (Wildman–Crippen LogP) is 4.92. The summed E-state index contributed by atoms with van der Waals surface area (Å²) in [6.07, 6.45) is 2.25. The summed E-state index contributed by atoms with van der Waals surface area (Å²) in [5.74, 6) is -2.93. The van der Waals surface area contributed by atoms with Gasteiger partial charge < -0.3 is 15.8 Å². The number of primary amides is 1. The van der Waals surface area contributed by atoms with Crippen molar-refractivity contribution >= 4 is 27.5 Å². The van der Waals surface area contributed by atoms with E-state index in [4.69, 9.17) is 5.73 Å². The highest BCUT2D eigenvalue weighted by Gasteiger charge is 2.37. The second-order valence-corrected chi connectivity index (χ2v) is 12.5. The maximum atomic E-state index is 14.0. The summed E-state index contributed by atoms with van der Waals surface area (Å²) in [6, 6.07) is 13.6. The maximum Gasteiger partial charge on any atom is 0.305 e. The Hall–Kier alpha value is -2.82. The number of phenols is 1. The number of amides is 1. The molecule has 1 fully saturated rings. The van der Waals surface area contributed by atoms with Crippen LogP contribution in [0, 0.1) is 0 Å². The van der Waals surface area contributed by atoms with Crippen molar-refractivity contribution in [3.05, 3.63) is 63.3 Å². The van der Waals surface area contributed by atoms with Crippen LogP contribution in [0.5, 0.6) is 5.75 Å². The van der Waals surface area contributed by atoms with E-state index in [9.17, 15) is 23.5 Å². The van der Waals surface area contributed by atoms with Crippen molar-refractivity contribution in [1.82, 2.24) is 14.8 Å². The van der Waals surface area contributed by atoms with Crippen molar-refractivity contribution in [1.29, 1.82) is 0 Å². The summed E-state index contributed by atoms with van der Waals surface area (Å²) in [4.78, 5) is 30.7. The van der Waals surface area contributed by atoms with Gasteiger partial charge in [-0.1, -0.05) is 47.7 Å². The number of hydrogen-bond donors (Lipinski definition) is 3. The molecular weight excluding hydrogens is 534 g/mol. The van der Waals surface area contributed by atoms with Gasteiger partial charge in [0.05, 0.1) is 4.70 Å². The van der Waals surface area contributed by atoms with Gasteiger partial charge in [-0.15, -0.1) is 0 Å². The number of aromatic nitrogens is 1. The Morgan fingerprint density at radius 1 is 1.10 bits per heavy atom. The molecule has 3 aromatic rings. The van der Waals surface area contributed by atoms with Crippen molar-refractivity contribution in [2.45, 2.75) is 76.3 Å². The van der Waals surface area contributed by atoms with Crippen molar-refractivity contribution < 1.29 is 18.7 Å². The highest BCUT2D eigenvalue weighted by molar-refractivity contribution is 7.16. The number of alkyl halides is 2. The van der Waals surface area contributed by atoms with Crippen molar-refractivity contribution in [2.75, 3.05) is 26.2 Å². The van der Waals surface area contributed by atoms with Crippen LogP contribution >= 0.6 is 11.3 Å². The van der Waals surface area contributed by atoms with Gasteiger partial charge in [-0.25, -0.2) is 8.78 Å². The molecule has 10 heteroatoms. The SMILES string of the molecule is CC(C)(Cc1ccccc1)N(CCC(N)=O)CCN(CCc1ccc(O)c2[nH]c(=O)sc12)C1CCC(F)(F)CC1. The van der Waals surface area contributed by atoms with Crippen LogP contribution in [0.2, 0.25) is 0 Å². The molecule has 0 aliphatic heterocycles. The monoisotopic (exact) mass is 574 g/mol. The van der Waals surface area contributed by atoms with Gasteiger partial charge in [0.2, 0.25) is 11.8 Å². The van der Waals surface area contributed by atoms with Gasteiger partial charge in [0.25, 0.3) is 0 Å². The average molecular weight is 575 g/mol. The number of nitrogens with two attached hydrogens (primary N) is 1. The van der Waals surface area contributed by atoms with Gasteiger partial charge >= 0.3 is 4.87 Å². The number of rotatable bonds is 13. The molecule has 1 amide bonds. The Balaban J connectivity index is 1.52. The summed E-state index contributed by atoms with van der Waals surface area (Å²) in [7, 11) is 0. The number of aromatic amines is 1. The van der Waals surface area contributed by atoms with Crippen molar-refractivity contribution in [2.24, 2.45) is 5.73 Å². The van der Waals surface area contributed by atoms with Gasteiger partial charge in [0, 0.05) is 57.0 Å². The number of nitrogens with one attached hydrogen (secondary N) is 1. The highest BCUT2D eigenvalue weighted by atomic mass is 32.1. The number of carbonyl (C=O) groups excluding carboxylic acids is 1. The molecule has 1 heterocycles. The minimum Gasteiger partial charge on any atom is -0.506 e. The van der Waals surface area contributed by atoms with Crippen LogP contribution in [0.15, 0.2) is 47.3 Å². The predicted molar refractivity (Wildman–Crippen MR) is 156 cm³/mol. The first-order valence-corrected chi connectivity index (χ1v) is 14.8. The van der Waals surface area contributed by atoms with Crippen LogP contribution in [0.3, 0.4) is 0 Å². The first-order chi connectivity index (χ1) is 18.9. The third kappa shape index (κ3) is 7.89. The highest BCUT2D eigenvalue weighted by Crippen LogP contribution is 2.36. The zero-order chi connectivity index (χ0) is 28.9. The molecule has 4 rings (SSSR count). The first kappa shape index (κ1) is 30.1. The molecule has 0 spiro atoms. The minimum absolute atomic E-state index is 0.0208. The Bertz CT molecular complexity index is 1330. The number of carbonyl (C=O) groups is 1. The van der Waals surface area contributed by atoms with Gasteiger partial charge in [0.15, 0.2) is 0 Å². The van der Waals surface area contributed by atoms with E-state index in [1.807, 2.05) is 24.3 Å². The molecule has 0 atom stereocenters. The molecule has 1 aliphatic carbocycles. The van der Waals surface area contributed by atoms with Crippen LogP contribution in [0.4, 0.5) is 8.78 Å². The van der Waals surface area contributed by atoms with Crippen molar-refractivity contribution in [3.8, 4) is 5.75 Å². The van der Waals surface area contributed by atoms with Gasteiger partial charge in [0.1, 0.15) is 11.3 Å². The molecule has 1 aromatic heterocycles. The third-order valence-corrected chi connectivity index (χ3v) is 9.09. The summed E-state index contributed by atoms with van der Waals surface area (Å²) < 4.78 is 28.8. The number of benzene rings is 2. The summed E-state index contributed by atoms with van der Waals surface area (Å²) in [6.45, 7) is 6.77. The fraction of sp³-hybridized carbons (Fsp3) is 0.533. The van der Waals surface area contributed by atoms with E-state index in [0.29, 0.717) is 51.0 Å². The van der Waals surface area contributed by atoms with E-state index < -0.39 is 5.92 Å². The lowest BCUT2D eigenvalue weighted by Gasteiger charge is -2.42. The normalized spacial score (nSPS) is 16.2. The summed E-state index contributed by atoms with van der Waals surface area (Å²) in [5, 5.41) is 10.2. The van der Waals surface area contributed by atoms with E-state index in [1.54, 1.807) is 6.07 Å². The number of fused-ring (bicyclic) bond motifs is 1. The molecular formula is C30H40F2N4O3S. The Morgan fingerprint density at radius 3 is 2.48 bits per heavy atom. The lowest BCUT2D eigenvalue weighted by molar-refractivity contribution is -0.118. The molecule has 0 unspecified atom stereocenters. The average Bonchev–Trinajstić information content (AvgIpc) is 3.29. The quantitative estimate of drug-likeness (QED) is 0.269.